The summed E-state index contributed by atoms with van der Waals surface area (Å²) in [6, 6.07) is 0.238. The molecule has 1 aromatic rings. The fourth-order valence-electron chi connectivity index (χ4n) is 1.41. The van der Waals surface area contributed by atoms with Gasteiger partial charge in [0, 0.05) is 0 Å². The van der Waals surface area contributed by atoms with E-state index in [4.69, 9.17) is 28.3 Å². The lowest BCUT2D eigenvalue weighted by molar-refractivity contribution is -0.140. The van der Waals surface area contributed by atoms with Crippen LogP contribution in [0.1, 0.15) is 30.6 Å². The van der Waals surface area contributed by atoms with E-state index in [9.17, 15) is 9.59 Å². The van der Waals surface area contributed by atoms with Crippen LogP contribution in [0.3, 0.4) is 0 Å². The zero-order valence-corrected chi connectivity index (χ0v) is 11.9. The molecular weight excluding hydrogens is 293 g/mol. The van der Waals surface area contributed by atoms with Gasteiger partial charge in [0.05, 0.1) is 5.56 Å². The van der Waals surface area contributed by atoms with E-state index in [0.29, 0.717) is 6.42 Å². The van der Waals surface area contributed by atoms with Gasteiger partial charge in [-0.15, -0.1) is 10.2 Å². The summed E-state index contributed by atoms with van der Waals surface area (Å²) in [5.74, 6) is -1.97. The largest absolute Gasteiger partial charge is 0.480 e. The molecule has 0 aliphatic rings. The molecule has 19 heavy (non-hydrogen) atoms. The molecule has 0 aromatic carbocycles. The maximum Gasteiger partial charge on any atom is 0.326 e. The highest BCUT2D eigenvalue weighted by molar-refractivity contribution is 6.34. The Hall–Kier alpha value is -1.40. The van der Waals surface area contributed by atoms with Gasteiger partial charge in [0.15, 0.2) is 10.3 Å². The number of hydrogen-bond donors (Lipinski definition) is 2. The SMILES string of the molecule is CCC(C)C(NC(=O)c1cc(Cl)nnc1Cl)C(=O)O. The average molecular weight is 306 g/mol. The third-order valence-corrected chi connectivity index (χ3v) is 3.19. The van der Waals surface area contributed by atoms with Crippen LogP contribution in [0, 0.1) is 5.92 Å². The molecule has 6 nitrogen and oxygen atoms in total. The van der Waals surface area contributed by atoms with Gasteiger partial charge in [-0.05, 0) is 12.0 Å². The average Bonchev–Trinajstić information content (AvgIpc) is 2.37. The van der Waals surface area contributed by atoms with Gasteiger partial charge in [0.2, 0.25) is 0 Å². The highest BCUT2D eigenvalue weighted by Gasteiger charge is 2.26. The number of amides is 1. The number of carboxylic acids is 1. The van der Waals surface area contributed by atoms with E-state index in [1.165, 1.54) is 6.07 Å². The van der Waals surface area contributed by atoms with Gasteiger partial charge in [0.25, 0.3) is 5.91 Å². The van der Waals surface area contributed by atoms with Crippen molar-refractivity contribution in [3.8, 4) is 0 Å². The molecule has 0 fully saturated rings. The Balaban J connectivity index is 2.94. The first-order chi connectivity index (χ1) is 8.86. The highest BCUT2D eigenvalue weighted by atomic mass is 35.5. The normalized spacial score (nSPS) is 13.7. The summed E-state index contributed by atoms with van der Waals surface area (Å²) in [6.07, 6.45) is 0.611. The Morgan fingerprint density at radius 3 is 2.58 bits per heavy atom. The van der Waals surface area contributed by atoms with E-state index >= 15 is 0 Å². The molecule has 0 spiro atoms. The molecule has 0 aliphatic carbocycles. The lowest BCUT2D eigenvalue weighted by Crippen LogP contribution is -2.45. The Morgan fingerprint density at radius 1 is 1.42 bits per heavy atom. The minimum Gasteiger partial charge on any atom is -0.480 e. The van der Waals surface area contributed by atoms with Crippen molar-refractivity contribution in [1.82, 2.24) is 15.5 Å². The van der Waals surface area contributed by atoms with E-state index in [0.717, 1.165) is 0 Å². The summed E-state index contributed by atoms with van der Waals surface area (Å²) in [4.78, 5) is 23.1. The van der Waals surface area contributed by atoms with Crippen LogP contribution in [0.5, 0.6) is 0 Å². The molecule has 1 amide bonds. The van der Waals surface area contributed by atoms with E-state index < -0.39 is 17.9 Å². The van der Waals surface area contributed by atoms with Gasteiger partial charge >= 0.3 is 5.97 Å². The van der Waals surface area contributed by atoms with Crippen LogP contribution < -0.4 is 5.32 Å². The number of halogens is 2. The van der Waals surface area contributed by atoms with Gasteiger partial charge in [-0.1, -0.05) is 43.5 Å². The van der Waals surface area contributed by atoms with Crippen molar-refractivity contribution in [2.45, 2.75) is 26.3 Å². The first-order valence-corrected chi connectivity index (χ1v) is 6.34. The molecule has 0 saturated heterocycles. The van der Waals surface area contributed by atoms with E-state index in [2.05, 4.69) is 15.5 Å². The Labute approximate surface area is 120 Å². The third-order valence-electron chi connectivity index (χ3n) is 2.73. The molecule has 2 unspecified atom stereocenters. The molecule has 0 saturated carbocycles. The summed E-state index contributed by atoms with van der Waals surface area (Å²) < 4.78 is 0. The summed E-state index contributed by atoms with van der Waals surface area (Å²) >= 11 is 11.3. The number of carboxylic acid groups (broad SMARTS) is 1. The van der Waals surface area contributed by atoms with Crippen LogP contribution in [0.4, 0.5) is 0 Å². The Kier molecular flexibility index (Phi) is 5.50. The van der Waals surface area contributed by atoms with E-state index in [1.54, 1.807) is 6.92 Å². The summed E-state index contributed by atoms with van der Waals surface area (Å²) in [5.41, 5.74) is -0.00350. The van der Waals surface area contributed by atoms with Gasteiger partial charge in [0.1, 0.15) is 6.04 Å². The van der Waals surface area contributed by atoms with Crippen molar-refractivity contribution in [3.05, 3.63) is 21.9 Å². The monoisotopic (exact) mass is 305 g/mol. The first-order valence-electron chi connectivity index (χ1n) is 5.59. The van der Waals surface area contributed by atoms with Crippen molar-refractivity contribution in [2.75, 3.05) is 0 Å². The minimum absolute atomic E-state index is 0.00350. The molecule has 104 valence electrons. The number of hydrogen-bond acceptors (Lipinski definition) is 4. The first kappa shape index (κ1) is 15.7. The van der Waals surface area contributed by atoms with Crippen LogP contribution in [-0.2, 0) is 4.79 Å². The summed E-state index contributed by atoms with van der Waals surface area (Å²) in [5, 5.41) is 18.3. The number of rotatable bonds is 5. The van der Waals surface area contributed by atoms with Crippen LogP contribution >= 0.6 is 23.2 Å². The molecule has 2 N–H and O–H groups in total. The predicted octanol–water partition coefficient (Wildman–Crippen LogP) is 2.01. The van der Waals surface area contributed by atoms with Crippen LogP contribution in [0.2, 0.25) is 10.3 Å². The molecule has 8 heteroatoms. The summed E-state index contributed by atoms with van der Waals surface area (Å²) in [6.45, 7) is 3.57. The molecule has 0 aliphatic heterocycles. The zero-order chi connectivity index (χ0) is 14.6. The number of carbonyl (C=O) groups is 2. The number of carbonyl (C=O) groups excluding carboxylic acids is 1. The molecule has 2 atom stereocenters. The Morgan fingerprint density at radius 2 is 2.05 bits per heavy atom. The van der Waals surface area contributed by atoms with E-state index in [1.807, 2.05) is 6.92 Å². The van der Waals surface area contributed by atoms with Gasteiger partial charge < -0.3 is 10.4 Å². The number of aromatic nitrogens is 2. The standard InChI is InChI=1S/C11H13Cl2N3O3/c1-3-5(2)8(11(18)19)14-10(17)6-4-7(12)15-16-9(6)13/h4-5,8H,3H2,1-2H3,(H,14,17)(H,18,19). The minimum atomic E-state index is -1.10. The van der Waals surface area contributed by atoms with Crippen molar-refractivity contribution in [3.63, 3.8) is 0 Å². The number of aliphatic carboxylic acids is 1. The third kappa shape index (κ3) is 4.04. The zero-order valence-electron chi connectivity index (χ0n) is 10.4. The second-order valence-corrected chi connectivity index (χ2v) is 4.79. The smallest absolute Gasteiger partial charge is 0.326 e. The number of nitrogens with zero attached hydrogens (tertiary/aromatic N) is 2. The van der Waals surface area contributed by atoms with Gasteiger partial charge in [-0.25, -0.2) is 4.79 Å². The molecule has 0 bridgehead atoms. The molecule has 0 radical (unpaired) electrons. The van der Waals surface area contributed by atoms with Crippen molar-refractivity contribution in [2.24, 2.45) is 5.92 Å². The van der Waals surface area contributed by atoms with E-state index in [-0.39, 0.29) is 21.8 Å². The fraction of sp³-hybridized carbons (Fsp3) is 0.455. The van der Waals surface area contributed by atoms with Crippen molar-refractivity contribution in [1.29, 1.82) is 0 Å². The lowest BCUT2D eigenvalue weighted by Gasteiger charge is -2.20. The molecular formula is C11H13Cl2N3O3. The van der Waals surface area contributed by atoms with Gasteiger partial charge in [-0.3, -0.25) is 4.79 Å². The lowest BCUT2D eigenvalue weighted by atomic mass is 9.99. The van der Waals surface area contributed by atoms with Crippen LogP contribution in [0.15, 0.2) is 6.07 Å². The molecule has 1 rings (SSSR count). The topological polar surface area (TPSA) is 92.2 Å². The molecule has 1 heterocycles. The highest BCUT2D eigenvalue weighted by Crippen LogP contribution is 2.16. The van der Waals surface area contributed by atoms with Crippen molar-refractivity contribution >= 4 is 35.1 Å². The van der Waals surface area contributed by atoms with Gasteiger partial charge in [-0.2, -0.15) is 0 Å². The quantitative estimate of drug-likeness (QED) is 0.868. The molecule has 1 aromatic heterocycles. The second-order valence-electron chi connectivity index (χ2n) is 4.05. The van der Waals surface area contributed by atoms with Crippen LogP contribution in [0.25, 0.3) is 0 Å². The van der Waals surface area contributed by atoms with Crippen LogP contribution in [-0.4, -0.2) is 33.2 Å². The Bertz CT molecular complexity index is 496. The summed E-state index contributed by atoms with van der Waals surface area (Å²) in [7, 11) is 0. The second kappa shape index (κ2) is 6.68. The number of nitrogens with one attached hydrogen (secondary N) is 1. The van der Waals surface area contributed by atoms with Crippen molar-refractivity contribution < 1.29 is 14.7 Å². The predicted molar refractivity (Wildman–Crippen MR) is 70.4 cm³/mol. The maximum atomic E-state index is 12.0. The fourth-order valence-corrected chi connectivity index (χ4v) is 1.74. The maximum absolute atomic E-state index is 12.0.